The molecule has 1 fully saturated rings. The van der Waals surface area contributed by atoms with E-state index in [4.69, 9.17) is 0 Å². The van der Waals surface area contributed by atoms with Crippen LogP contribution in [0.2, 0.25) is 0 Å². The molecular formula is C24H32N2O2S. The third kappa shape index (κ3) is 4.89. The average molecular weight is 413 g/mol. The predicted octanol–water partition coefficient (Wildman–Crippen LogP) is 4.60. The van der Waals surface area contributed by atoms with Crippen molar-refractivity contribution >= 4 is 23.2 Å². The van der Waals surface area contributed by atoms with Gasteiger partial charge in [-0.05, 0) is 41.3 Å². The maximum atomic E-state index is 13.4. The van der Waals surface area contributed by atoms with Crippen LogP contribution in [0.25, 0.3) is 10.4 Å². The molecule has 29 heavy (non-hydrogen) atoms. The lowest BCUT2D eigenvalue weighted by Crippen LogP contribution is -2.46. The fourth-order valence-corrected chi connectivity index (χ4v) is 4.82. The van der Waals surface area contributed by atoms with Gasteiger partial charge in [-0.1, -0.05) is 58.0 Å². The van der Waals surface area contributed by atoms with E-state index in [1.54, 1.807) is 11.3 Å². The Morgan fingerprint density at radius 2 is 1.90 bits per heavy atom. The number of rotatable bonds is 7. The number of carbonyl (C=O) groups excluding carboxylic acids is 2. The van der Waals surface area contributed by atoms with Crippen molar-refractivity contribution < 1.29 is 9.59 Å². The summed E-state index contributed by atoms with van der Waals surface area (Å²) < 4.78 is 0. The number of likely N-dealkylation sites (tertiary alicyclic amines) is 1. The van der Waals surface area contributed by atoms with Crippen molar-refractivity contribution in [2.24, 2.45) is 17.3 Å². The molecule has 4 nitrogen and oxygen atoms in total. The largest absolute Gasteiger partial charge is 0.355 e. The highest BCUT2D eigenvalue weighted by molar-refractivity contribution is 7.13. The zero-order valence-corrected chi connectivity index (χ0v) is 18.7. The van der Waals surface area contributed by atoms with Crippen molar-refractivity contribution in [1.82, 2.24) is 10.2 Å². The molecule has 2 aromatic rings. The number of nitrogens with zero attached hydrogens (tertiary/aromatic N) is 1. The summed E-state index contributed by atoms with van der Waals surface area (Å²) in [4.78, 5) is 29.1. The van der Waals surface area contributed by atoms with E-state index in [1.807, 2.05) is 30.9 Å². The van der Waals surface area contributed by atoms with Gasteiger partial charge in [0.15, 0.2) is 0 Å². The van der Waals surface area contributed by atoms with Gasteiger partial charge in [0.25, 0.3) is 0 Å². The zero-order valence-electron chi connectivity index (χ0n) is 17.9. The normalized spacial score (nSPS) is 19.2. The van der Waals surface area contributed by atoms with Crippen molar-refractivity contribution in [3.05, 3.63) is 47.3 Å². The van der Waals surface area contributed by atoms with Gasteiger partial charge in [0.05, 0.1) is 5.41 Å². The van der Waals surface area contributed by atoms with Crippen LogP contribution in [-0.2, 0) is 16.0 Å². The molecule has 1 atom stereocenters. The number of carbonyl (C=O) groups is 2. The maximum absolute atomic E-state index is 13.4. The molecule has 0 spiro atoms. The standard InChI is InChI=1S/C24H32N2O2S/c1-17(2)15-25-23(28)24(11-12-26(16-24)22(27)18(3)4)14-19-8-5-6-9-20(19)21-10-7-13-29-21/h5-10,13,17-18H,11-12,14-16H2,1-4H3,(H,25,28). The Morgan fingerprint density at radius 3 is 2.55 bits per heavy atom. The van der Waals surface area contributed by atoms with Crippen LogP contribution in [0.15, 0.2) is 41.8 Å². The number of thiophene rings is 1. The minimum absolute atomic E-state index is 0.0528. The Kier molecular flexibility index (Phi) is 6.78. The number of nitrogens with one attached hydrogen (secondary N) is 1. The molecule has 1 unspecified atom stereocenters. The van der Waals surface area contributed by atoms with Gasteiger partial charge >= 0.3 is 0 Å². The van der Waals surface area contributed by atoms with Crippen LogP contribution in [-0.4, -0.2) is 36.3 Å². The Bertz CT molecular complexity index is 844. The molecule has 2 heterocycles. The fourth-order valence-electron chi connectivity index (χ4n) is 4.03. The maximum Gasteiger partial charge on any atom is 0.228 e. The van der Waals surface area contributed by atoms with Crippen molar-refractivity contribution in [2.45, 2.75) is 40.5 Å². The molecular weight excluding hydrogens is 380 g/mol. The smallest absolute Gasteiger partial charge is 0.228 e. The van der Waals surface area contributed by atoms with Crippen LogP contribution in [0.5, 0.6) is 0 Å². The Balaban J connectivity index is 1.91. The van der Waals surface area contributed by atoms with Crippen LogP contribution in [0.3, 0.4) is 0 Å². The molecule has 0 saturated carbocycles. The van der Waals surface area contributed by atoms with E-state index in [-0.39, 0.29) is 17.7 Å². The lowest BCUT2D eigenvalue weighted by atomic mass is 9.78. The third-order valence-electron chi connectivity index (χ3n) is 5.64. The molecule has 5 heteroatoms. The Hall–Kier alpha value is -2.14. The van der Waals surface area contributed by atoms with E-state index in [0.717, 1.165) is 0 Å². The highest BCUT2D eigenvalue weighted by Crippen LogP contribution is 2.38. The van der Waals surface area contributed by atoms with E-state index in [2.05, 4.69) is 48.8 Å². The monoisotopic (exact) mass is 412 g/mol. The topological polar surface area (TPSA) is 49.4 Å². The van der Waals surface area contributed by atoms with Gasteiger partial charge in [-0.3, -0.25) is 9.59 Å². The Labute approximate surface area is 178 Å². The first kappa shape index (κ1) is 21.6. The molecule has 2 amide bonds. The van der Waals surface area contributed by atoms with E-state index in [0.29, 0.717) is 38.4 Å². The van der Waals surface area contributed by atoms with Crippen molar-refractivity contribution in [2.75, 3.05) is 19.6 Å². The average Bonchev–Trinajstić information content (AvgIpc) is 3.37. The fraction of sp³-hybridized carbons (Fsp3) is 0.500. The van der Waals surface area contributed by atoms with Crippen molar-refractivity contribution in [3.8, 4) is 10.4 Å². The molecule has 156 valence electrons. The number of hydrogen-bond donors (Lipinski definition) is 1. The lowest BCUT2D eigenvalue weighted by molar-refractivity contribution is -0.135. The molecule has 0 aliphatic carbocycles. The lowest BCUT2D eigenvalue weighted by Gasteiger charge is -2.30. The molecule has 0 bridgehead atoms. The molecule has 1 aliphatic heterocycles. The highest BCUT2D eigenvalue weighted by atomic mass is 32.1. The molecule has 3 rings (SSSR count). The van der Waals surface area contributed by atoms with Gasteiger partial charge in [0.1, 0.15) is 0 Å². The summed E-state index contributed by atoms with van der Waals surface area (Å²) in [5.74, 6) is 0.549. The van der Waals surface area contributed by atoms with E-state index in [1.165, 1.54) is 16.0 Å². The first-order valence-electron chi connectivity index (χ1n) is 10.5. The minimum atomic E-state index is -0.577. The second kappa shape index (κ2) is 9.12. The van der Waals surface area contributed by atoms with E-state index >= 15 is 0 Å². The van der Waals surface area contributed by atoms with Gasteiger partial charge in [-0.15, -0.1) is 11.3 Å². The summed E-state index contributed by atoms with van der Waals surface area (Å²) in [6.45, 7) is 9.84. The van der Waals surface area contributed by atoms with Crippen LogP contribution < -0.4 is 5.32 Å². The van der Waals surface area contributed by atoms with Gasteiger partial charge in [0.2, 0.25) is 11.8 Å². The summed E-state index contributed by atoms with van der Waals surface area (Å²) in [6, 6.07) is 12.5. The van der Waals surface area contributed by atoms with Gasteiger partial charge < -0.3 is 10.2 Å². The second-order valence-corrected chi connectivity index (χ2v) is 9.81. The first-order chi connectivity index (χ1) is 13.8. The third-order valence-corrected chi connectivity index (χ3v) is 6.55. The summed E-state index contributed by atoms with van der Waals surface area (Å²) in [7, 11) is 0. The summed E-state index contributed by atoms with van der Waals surface area (Å²) in [5, 5.41) is 5.23. The van der Waals surface area contributed by atoms with E-state index in [9.17, 15) is 9.59 Å². The SMILES string of the molecule is CC(C)CNC(=O)C1(Cc2ccccc2-c2cccs2)CCN(C(=O)C(C)C)C1. The van der Waals surface area contributed by atoms with Crippen molar-refractivity contribution in [3.63, 3.8) is 0 Å². The molecule has 0 radical (unpaired) electrons. The summed E-state index contributed by atoms with van der Waals surface area (Å²) in [5.41, 5.74) is 1.79. The van der Waals surface area contributed by atoms with Crippen LogP contribution in [0.4, 0.5) is 0 Å². The zero-order chi connectivity index (χ0) is 21.0. The van der Waals surface area contributed by atoms with Crippen LogP contribution >= 0.6 is 11.3 Å². The van der Waals surface area contributed by atoms with Gasteiger partial charge in [-0.25, -0.2) is 0 Å². The van der Waals surface area contributed by atoms with Crippen LogP contribution in [0, 0.1) is 17.3 Å². The minimum Gasteiger partial charge on any atom is -0.355 e. The van der Waals surface area contributed by atoms with E-state index < -0.39 is 5.41 Å². The number of benzene rings is 1. The number of amides is 2. The molecule has 1 aromatic carbocycles. The predicted molar refractivity (Wildman–Crippen MR) is 120 cm³/mol. The van der Waals surface area contributed by atoms with Crippen molar-refractivity contribution in [1.29, 1.82) is 0 Å². The summed E-state index contributed by atoms with van der Waals surface area (Å²) >= 11 is 1.71. The molecule has 1 aromatic heterocycles. The molecule has 1 saturated heterocycles. The summed E-state index contributed by atoms with van der Waals surface area (Å²) in [6.07, 6.45) is 1.35. The second-order valence-electron chi connectivity index (χ2n) is 8.86. The molecule has 1 aliphatic rings. The van der Waals surface area contributed by atoms with Gasteiger partial charge in [-0.2, -0.15) is 0 Å². The Morgan fingerprint density at radius 1 is 1.14 bits per heavy atom. The van der Waals surface area contributed by atoms with Crippen LogP contribution in [0.1, 0.15) is 39.7 Å². The number of hydrogen-bond acceptors (Lipinski definition) is 3. The van der Waals surface area contributed by atoms with Gasteiger partial charge in [0, 0.05) is 30.4 Å². The molecule has 1 N–H and O–H groups in total. The quantitative estimate of drug-likeness (QED) is 0.722. The first-order valence-corrected chi connectivity index (χ1v) is 11.4. The highest BCUT2D eigenvalue weighted by Gasteiger charge is 2.46.